The Morgan fingerprint density at radius 1 is 1.29 bits per heavy atom. The molecule has 1 aliphatic heterocycles. The molecule has 1 aromatic heterocycles. The second kappa shape index (κ2) is 6.66. The first kappa shape index (κ1) is 16.5. The number of carbonyl (C=O) groups excluding carboxylic acids is 1. The molecule has 8 heteroatoms. The van der Waals surface area contributed by atoms with Crippen LogP contribution in [0.3, 0.4) is 0 Å². The van der Waals surface area contributed by atoms with Gasteiger partial charge in [0.2, 0.25) is 0 Å². The van der Waals surface area contributed by atoms with E-state index in [9.17, 15) is 19.1 Å². The number of carboxylic acids is 1. The third kappa shape index (κ3) is 3.15. The zero-order valence-electron chi connectivity index (χ0n) is 12.6. The van der Waals surface area contributed by atoms with E-state index in [0.717, 1.165) is 11.3 Å². The first-order valence-electron chi connectivity index (χ1n) is 7.36. The predicted octanol–water partition coefficient (Wildman–Crippen LogP) is 2.31. The summed E-state index contributed by atoms with van der Waals surface area (Å²) in [4.78, 5) is 28.3. The van der Waals surface area contributed by atoms with Crippen LogP contribution in [-0.2, 0) is 9.53 Å². The van der Waals surface area contributed by atoms with Crippen LogP contribution in [0, 0.1) is 5.82 Å². The molecular weight excluding hydrogens is 335 g/mol. The van der Waals surface area contributed by atoms with Gasteiger partial charge in [-0.15, -0.1) is 11.3 Å². The van der Waals surface area contributed by atoms with Gasteiger partial charge in [-0.2, -0.15) is 0 Å². The zero-order chi connectivity index (χ0) is 17.2. The molecule has 0 unspecified atom stereocenters. The van der Waals surface area contributed by atoms with Crippen LogP contribution in [0.1, 0.15) is 22.5 Å². The number of hydrogen-bond donors (Lipinski definition) is 2. The molecule has 2 N–H and O–H groups in total. The van der Waals surface area contributed by atoms with E-state index in [1.54, 1.807) is 18.2 Å². The lowest BCUT2D eigenvalue weighted by molar-refractivity contribution is -0.148. The van der Waals surface area contributed by atoms with Crippen molar-refractivity contribution in [1.29, 1.82) is 0 Å². The van der Waals surface area contributed by atoms with E-state index in [-0.39, 0.29) is 30.9 Å². The number of nitrogens with zero attached hydrogens (tertiary/aromatic N) is 1. The Morgan fingerprint density at radius 3 is 2.67 bits per heavy atom. The number of amides is 1. The Balaban J connectivity index is 1.81. The molecule has 0 saturated carbocycles. The van der Waals surface area contributed by atoms with E-state index in [2.05, 4.69) is 10.3 Å². The molecule has 3 rings (SSSR count). The molecule has 1 fully saturated rings. The summed E-state index contributed by atoms with van der Waals surface area (Å²) in [5.74, 6) is -2.04. The number of thiazole rings is 1. The van der Waals surface area contributed by atoms with Gasteiger partial charge in [-0.25, -0.2) is 14.2 Å². The molecule has 126 valence electrons. The van der Waals surface area contributed by atoms with Gasteiger partial charge in [0.05, 0.1) is 6.20 Å². The highest BCUT2D eigenvalue weighted by molar-refractivity contribution is 7.16. The first-order chi connectivity index (χ1) is 11.5. The van der Waals surface area contributed by atoms with E-state index < -0.39 is 23.2 Å². The van der Waals surface area contributed by atoms with Gasteiger partial charge in [0.15, 0.2) is 0 Å². The fourth-order valence-electron chi connectivity index (χ4n) is 2.53. The molecule has 1 aliphatic rings. The highest BCUT2D eigenvalue weighted by Gasteiger charge is 2.42. The second-order valence-electron chi connectivity index (χ2n) is 5.46. The number of benzene rings is 1. The van der Waals surface area contributed by atoms with Crippen molar-refractivity contribution in [2.75, 3.05) is 13.2 Å². The molecule has 0 spiro atoms. The maximum Gasteiger partial charge on any atom is 0.329 e. The van der Waals surface area contributed by atoms with Crippen molar-refractivity contribution >= 4 is 23.2 Å². The van der Waals surface area contributed by atoms with E-state index in [4.69, 9.17) is 4.74 Å². The van der Waals surface area contributed by atoms with Crippen LogP contribution < -0.4 is 5.32 Å². The summed E-state index contributed by atoms with van der Waals surface area (Å²) in [5, 5.41) is 12.4. The molecule has 0 radical (unpaired) electrons. The van der Waals surface area contributed by atoms with Gasteiger partial charge in [0.25, 0.3) is 5.91 Å². The van der Waals surface area contributed by atoms with Gasteiger partial charge >= 0.3 is 5.97 Å². The van der Waals surface area contributed by atoms with Crippen molar-refractivity contribution in [3.8, 4) is 10.6 Å². The van der Waals surface area contributed by atoms with Gasteiger partial charge in [-0.05, 0) is 12.1 Å². The number of ether oxygens (including phenoxy) is 1. The average Bonchev–Trinajstić information content (AvgIpc) is 3.06. The summed E-state index contributed by atoms with van der Waals surface area (Å²) in [7, 11) is 0. The molecule has 6 nitrogen and oxygen atoms in total. The minimum absolute atomic E-state index is 0.201. The lowest BCUT2D eigenvalue weighted by atomic mass is 9.90. The fourth-order valence-corrected chi connectivity index (χ4v) is 3.37. The maximum absolute atomic E-state index is 13.8. The Hall–Kier alpha value is -2.32. The lowest BCUT2D eigenvalue weighted by Gasteiger charge is -2.33. The molecule has 0 bridgehead atoms. The summed E-state index contributed by atoms with van der Waals surface area (Å²) in [5.41, 5.74) is -1.03. The molecule has 0 atom stereocenters. The summed E-state index contributed by atoms with van der Waals surface area (Å²) in [6.07, 6.45) is 1.73. The highest BCUT2D eigenvalue weighted by atomic mass is 32.1. The third-order valence-electron chi connectivity index (χ3n) is 3.94. The summed E-state index contributed by atoms with van der Waals surface area (Å²) >= 11 is 1.02. The SMILES string of the molecule is O=C(NC1(C(=O)O)CCOCC1)c1cnc(-c2ccccc2F)s1. The van der Waals surface area contributed by atoms with Gasteiger partial charge in [-0.1, -0.05) is 12.1 Å². The smallest absolute Gasteiger partial charge is 0.329 e. The van der Waals surface area contributed by atoms with E-state index in [1.807, 2.05) is 0 Å². The number of aromatic nitrogens is 1. The molecule has 2 aromatic rings. The number of aliphatic carboxylic acids is 1. The maximum atomic E-state index is 13.8. The second-order valence-corrected chi connectivity index (χ2v) is 6.49. The van der Waals surface area contributed by atoms with Crippen molar-refractivity contribution < 1.29 is 23.8 Å². The number of nitrogens with one attached hydrogen (secondary N) is 1. The van der Waals surface area contributed by atoms with Crippen LogP contribution >= 0.6 is 11.3 Å². The average molecular weight is 350 g/mol. The van der Waals surface area contributed by atoms with Gasteiger partial charge in [-0.3, -0.25) is 4.79 Å². The molecular formula is C16H15FN2O4S. The molecule has 0 aliphatic carbocycles. The minimum atomic E-state index is -1.34. The first-order valence-corrected chi connectivity index (χ1v) is 8.18. The largest absolute Gasteiger partial charge is 0.480 e. The number of halogens is 1. The van der Waals surface area contributed by atoms with Crippen LogP contribution in [0.2, 0.25) is 0 Å². The predicted molar refractivity (Wildman–Crippen MR) is 85.4 cm³/mol. The summed E-state index contributed by atoms with van der Waals surface area (Å²) < 4.78 is 19.0. The Morgan fingerprint density at radius 2 is 2.00 bits per heavy atom. The third-order valence-corrected chi connectivity index (χ3v) is 4.97. The molecule has 1 saturated heterocycles. The normalized spacial score (nSPS) is 16.5. The number of carboxylic acid groups (broad SMARTS) is 1. The van der Waals surface area contributed by atoms with Crippen LogP contribution in [-0.4, -0.2) is 40.7 Å². The summed E-state index contributed by atoms with van der Waals surface area (Å²) in [6, 6.07) is 6.15. The zero-order valence-corrected chi connectivity index (χ0v) is 13.4. The molecule has 24 heavy (non-hydrogen) atoms. The van der Waals surface area contributed by atoms with Crippen LogP contribution in [0.4, 0.5) is 4.39 Å². The number of rotatable bonds is 4. The quantitative estimate of drug-likeness (QED) is 0.883. The van der Waals surface area contributed by atoms with Crippen molar-refractivity contribution in [3.63, 3.8) is 0 Å². The Kier molecular flexibility index (Phi) is 4.59. The highest BCUT2D eigenvalue weighted by Crippen LogP contribution is 2.28. The Labute approximate surface area is 141 Å². The Bertz CT molecular complexity index is 771. The van der Waals surface area contributed by atoms with E-state index in [1.165, 1.54) is 12.3 Å². The van der Waals surface area contributed by atoms with Gasteiger partial charge in [0, 0.05) is 31.6 Å². The standard InChI is InChI=1S/C16H15FN2O4S/c17-11-4-2-1-3-10(11)14-18-9-12(24-14)13(20)19-16(15(21)22)5-7-23-8-6-16/h1-4,9H,5-8H2,(H,19,20)(H,21,22). The number of hydrogen-bond acceptors (Lipinski definition) is 5. The summed E-state index contributed by atoms with van der Waals surface area (Å²) in [6.45, 7) is 0.547. The van der Waals surface area contributed by atoms with Crippen LogP contribution in [0.15, 0.2) is 30.5 Å². The topological polar surface area (TPSA) is 88.5 Å². The van der Waals surface area contributed by atoms with Crippen molar-refractivity contribution in [2.24, 2.45) is 0 Å². The van der Waals surface area contributed by atoms with E-state index in [0.29, 0.717) is 10.6 Å². The van der Waals surface area contributed by atoms with Crippen molar-refractivity contribution in [1.82, 2.24) is 10.3 Å². The van der Waals surface area contributed by atoms with Gasteiger partial charge in [0.1, 0.15) is 21.2 Å². The van der Waals surface area contributed by atoms with Crippen LogP contribution in [0.5, 0.6) is 0 Å². The molecule has 2 heterocycles. The van der Waals surface area contributed by atoms with Crippen molar-refractivity contribution in [2.45, 2.75) is 18.4 Å². The monoisotopic (exact) mass is 350 g/mol. The fraction of sp³-hybridized carbons (Fsp3) is 0.312. The van der Waals surface area contributed by atoms with Gasteiger partial charge < -0.3 is 15.2 Å². The molecule has 1 amide bonds. The number of carbonyl (C=O) groups is 2. The van der Waals surface area contributed by atoms with Crippen molar-refractivity contribution in [3.05, 3.63) is 41.2 Å². The molecule has 1 aromatic carbocycles. The lowest BCUT2D eigenvalue weighted by Crippen LogP contribution is -2.57. The minimum Gasteiger partial charge on any atom is -0.480 e. The van der Waals surface area contributed by atoms with Crippen LogP contribution in [0.25, 0.3) is 10.6 Å². The van der Waals surface area contributed by atoms with E-state index >= 15 is 0 Å².